The molecular weight excluding hydrogens is 318 g/mol. The van der Waals surface area contributed by atoms with Crippen LogP contribution < -0.4 is 0 Å². The second-order valence-corrected chi connectivity index (χ2v) is 7.40. The van der Waals surface area contributed by atoms with Gasteiger partial charge in [-0.25, -0.2) is 15.0 Å². The quantitative estimate of drug-likeness (QED) is 0.735. The van der Waals surface area contributed by atoms with Gasteiger partial charge >= 0.3 is 0 Å². The molecule has 0 unspecified atom stereocenters. The third-order valence-electron chi connectivity index (χ3n) is 4.31. The van der Waals surface area contributed by atoms with Crippen molar-refractivity contribution in [3.63, 3.8) is 0 Å². The molecule has 0 saturated heterocycles. The third kappa shape index (κ3) is 3.07. The third-order valence-corrected chi connectivity index (χ3v) is 5.37. The summed E-state index contributed by atoms with van der Waals surface area (Å²) in [5.74, 6) is 0.758. The highest BCUT2D eigenvalue weighted by Crippen LogP contribution is 2.24. The minimum Gasteiger partial charge on any atom is -0.292 e. The molecular formula is C18H19N5S. The summed E-state index contributed by atoms with van der Waals surface area (Å²) in [6.45, 7) is 7.02. The normalized spacial score (nSPS) is 14.6. The molecule has 0 saturated carbocycles. The number of hydrogen-bond donors (Lipinski definition) is 0. The van der Waals surface area contributed by atoms with Crippen LogP contribution in [0.4, 0.5) is 0 Å². The van der Waals surface area contributed by atoms with Gasteiger partial charge in [0.2, 0.25) is 0 Å². The van der Waals surface area contributed by atoms with Gasteiger partial charge in [-0.1, -0.05) is 0 Å². The fourth-order valence-corrected chi connectivity index (χ4v) is 4.03. The van der Waals surface area contributed by atoms with Gasteiger partial charge in [0, 0.05) is 48.7 Å². The lowest BCUT2D eigenvalue weighted by Gasteiger charge is -2.27. The fraction of sp³-hybridized carbons (Fsp3) is 0.333. The highest BCUT2D eigenvalue weighted by molar-refractivity contribution is 7.11. The Balaban J connectivity index is 1.56. The van der Waals surface area contributed by atoms with Crippen LogP contribution in [0.3, 0.4) is 0 Å². The zero-order chi connectivity index (χ0) is 16.5. The van der Waals surface area contributed by atoms with Crippen LogP contribution in [-0.2, 0) is 19.5 Å². The van der Waals surface area contributed by atoms with E-state index in [1.807, 2.05) is 24.5 Å². The van der Waals surface area contributed by atoms with Crippen LogP contribution in [0.2, 0.25) is 0 Å². The maximum absolute atomic E-state index is 4.80. The minimum absolute atomic E-state index is 0.758. The second-order valence-electron chi connectivity index (χ2n) is 6.11. The lowest BCUT2D eigenvalue weighted by molar-refractivity contribution is 0.243. The first-order valence-electron chi connectivity index (χ1n) is 8.09. The first kappa shape index (κ1) is 15.4. The molecule has 3 aromatic rings. The Morgan fingerprint density at radius 2 is 2.12 bits per heavy atom. The van der Waals surface area contributed by atoms with Gasteiger partial charge in [-0.2, -0.15) is 0 Å². The van der Waals surface area contributed by atoms with Crippen molar-refractivity contribution in [2.45, 2.75) is 33.4 Å². The minimum atomic E-state index is 0.758. The topological polar surface area (TPSA) is 54.8 Å². The van der Waals surface area contributed by atoms with Gasteiger partial charge in [0.05, 0.1) is 16.4 Å². The Hall–Kier alpha value is -2.18. The van der Waals surface area contributed by atoms with Gasteiger partial charge in [0.25, 0.3) is 0 Å². The zero-order valence-corrected chi connectivity index (χ0v) is 14.7. The first-order valence-corrected chi connectivity index (χ1v) is 8.91. The highest BCUT2D eigenvalue weighted by atomic mass is 32.1. The molecule has 3 aromatic heterocycles. The Morgan fingerprint density at radius 3 is 2.88 bits per heavy atom. The molecule has 0 atom stereocenters. The molecule has 0 N–H and O–H groups in total. The molecule has 1 aliphatic rings. The van der Waals surface area contributed by atoms with Gasteiger partial charge in [0.15, 0.2) is 5.82 Å². The molecule has 5 nitrogen and oxygen atoms in total. The molecule has 1 aliphatic heterocycles. The Bertz CT molecular complexity index is 859. The van der Waals surface area contributed by atoms with Crippen molar-refractivity contribution < 1.29 is 0 Å². The molecule has 4 heterocycles. The molecule has 0 bridgehead atoms. The predicted molar refractivity (Wildman–Crippen MR) is 94.7 cm³/mol. The summed E-state index contributed by atoms with van der Waals surface area (Å²) in [7, 11) is 0. The van der Waals surface area contributed by atoms with E-state index in [0.717, 1.165) is 53.8 Å². The summed E-state index contributed by atoms with van der Waals surface area (Å²) in [6, 6.07) is 3.91. The summed E-state index contributed by atoms with van der Waals surface area (Å²) in [6.07, 6.45) is 6.55. The maximum atomic E-state index is 4.80. The second kappa shape index (κ2) is 6.37. The van der Waals surface area contributed by atoms with Crippen molar-refractivity contribution in [3.05, 3.63) is 57.6 Å². The van der Waals surface area contributed by atoms with E-state index in [1.165, 1.54) is 10.4 Å². The van der Waals surface area contributed by atoms with Gasteiger partial charge in [-0.15, -0.1) is 11.3 Å². The van der Waals surface area contributed by atoms with Crippen molar-refractivity contribution in [1.29, 1.82) is 0 Å². The van der Waals surface area contributed by atoms with Gasteiger partial charge in [-0.05, 0) is 38.0 Å². The molecule has 0 radical (unpaired) electrons. The Morgan fingerprint density at radius 1 is 1.21 bits per heavy atom. The number of fused-ring (bicyclic) bond motifs is 1. The number of aromatic nitrogens is 4. The van der Waals surface area contributed by atoms with Crippen LogP contribution >= 0.6 is 11.3 Å². The van der Waals surface area contributed by atoms with Crippen LogP contribution in [0.25, 0.3) is 11.4 Å². The summed E-state index contributed by atoms with van der Waals surface area (Å²) in [4.78, 5) is 21.8. The summed E-state index contributed by atoms with van der Waals surface area (Å²) >= 11 is 1.80. The van der Waals surface area contributed by atoms with Crippen molar-refractivity contribution in [2.24, 2.45) is 0 Å². The Kier molecular flexibility index (Phi) is 4.08. The van der Waals surface area contributed by atoms with Crippen LogP contribution in [0.5, 0.6) is 0 Å². The SMILES string of the molecule is Cc1nc(C)c(CN2CCc3cnc(-c4cccnc4)nc3C2)s1. The Labute approximate surface area is 145 Å². The van der Waals surface area contributed by atoms with Crippen LogP contribution in [0.15, 0.2) is 30.7 Å². The smallest absolute Gasteiger partial charge is 0.160 e. The number of pyridine rings is 1. The van der Waals surface area contributed by atoms with Crippen LogP contribution in [0.1, 0.15) is 26.8 Å². The number of nitrogens with zero attached hydrogens (tertiary/aromatic N) is 5. The lowest BCUT2D eigenvalue weighted by atomic mass is 10.1. The first-order chi connectivity index (χ1) is 11.7. The van der Waals surface area contributed by atoms with Gasteiger partial charge in [0.1, 0.15) is 0 Å². The van der Waals surface area contributed by atoms with Crippen molar-refractivity contribution >= 4 is 11.3 Å². The summed E-state index contributed by atoms with van der Waals surface area (Å²) in [5.41, 5.74) is 4.51. The number of thiazole rings is 1. The molecule has 4 rings (SSSR count). The zero-order valence-electron chi connectivity index (χ0n) is 13.9. The standard InChI is InChI=1S/C18H19N5S/c1-12-17(24-13(2)21-12)11-23-7-5-14-9-20-18(22-16(14)10-23)15-4-3-6-19-8-15/h3-4,6,8-9H,5,7,10-11H2,1-2H3. The average molecular weight is 337 g/mol. The van der Waals surface area contributed by atoms with E-state index < -0.39 is 0 Å². The summed E-state index contributed by atoms with van der Waals surface area (Å²) < 4.78 is 0. The molecule has 6 heteroatoms. The molecule has 0 spiro atoms. The monoisotopic (exact) mass is 337 g/mol. The van der Waals surface area contributed by atoms with Gasteiger partial charge in [-0.3, -0.25) is 9.88 Å². The molecule has 0 amide bonds. The molecule has 0 aliphatic carbocycles. The van der Waals surface area contributed by atoms with Gasteiger partial charge < -0.3 is 0 Å². The molecule has 0 fully saturated rings. The average Bonchev–Trinajstić information content (AvgIpc) is 2.92. The van der Waals surface area contributed by atoms with Crippen molar-refractivity contribution in [1.82, 2.24) is 24.8 Å². The maximum Gasteiger partial charge on any atom is 0.160 e. The van der Waals surface area contributed by atoms with E-state index in [4.69, 9.17) is 4.98 Å². The highest BCUT2D eigenvalue weighted by Gasteiger charge is 2.20. The molecule has 122 valence electrons. The van der Waals surface area contributed by atoms with E-state index in [1.54, 1.807) is 17.5 Å². The van der Waals surface area contributed by atoms with E-state index in [9.17, 15) is 0 Å². The largest absolute Gasteiger partial charge is 0.292 e. The van der Waals surface area contributed by atoms with E-state index in [0.29, 0.717) is 0 Å². The van der Waals surface area contributed by atoms with Crippen molar-refractivity contribution in [3.8, 4) is 11.4 Å². The number of rotatable bonds is 3. The molecule has 0 aromatic carbocycles. The van der Waals surface area contributed by atoms with Crippen LogP contribution in [-0.4, -0.2) is 31.4 Å². The van der Waals surface area contributed by atoms with Crippen LogP contribution in [0, 0.1) is 13.8 Å². The summed E-state index contributed by atoms with van der Waals surface area (Å²) in [5, 5.41) is 1.14. The van der Waals surface area contributed by atoms with E-state index >= 15 is 0 Å². The fourth-order valence-electron chi connectivity index (χ4n) is 3.05. The van der Waals surface area contributed by atoms with E-state index in [2.05, 4.69) is 33.7 Å². The number of hydrogen-bond acceptors (Lipinski definition) is 6. The lowest BCUT2D eigenvalue weighted by Crippen LogP contribution is -2.31. The number of aryl methyl sites for hydroxylation is 2. The van der Waals surface area contributed by atoms with E-state index in [-0.39, 0.29) is 0 Å². The molecule has 24 heavy (non-hydrogen) atoms. The van der Waals surface area contributed by atoms with Crippen molar-refractivity contribution in [2.75, 3.05) is 6.54 Å². The predicted octanol–water partition coefficient (Wildman–Crippen LogP) is 3.17.